The molecule has 0 radical (unpaired) electrons. The van der Waals surface area contributed by atoms with Gasteiger partial charge in [0.05, 0.1) is 0 Å². The van der Waals surface area contributed by atoms with Crippen molar-refractivity contribution in [1.29, 1.82) is 0 Å². The lowest BCUT2D eigenvalue weighted by Crippen LogP contribution is -2.54. The third kappa shape index (κ3) is 5.24. The van der Waals surface area contributed by atoms with E-state index in [0.29, 0.717) is 6.54 Å². The second-order valence-corrected chi connectivity index (χ2v) is 7.15. The van der Waals surface area contributed by atoms with Gasteiger partial charge in [0.15, 0.2) is 6.10 Å². The Morgan fingerprint density at radius 2 is 1.83 bits per heavy atom. The van der Waals surface area contributed by atoms with E-state index in [-0.39, 0.29) is 11.4 Å². The maximum Gasteiger partial charge on any atom is 0.260 e. The van der Waals surface area contributed by atoms with Crippen LogP contribution in [0.3, 0.4) is 0 Å². The number of carbonyl (C=O) groups is 1. The first-order valence-corrected chi connectivity index (χ1v) is 8.64. The lowest BCUT2D eigenvalue weighted by molar-refractivity contribution is -0.127. The molecule has 0 bridgehead atoms. The molecule has 0 aromatic heterocycles. The molecule has 1 fully saturated rings. The van der Waals surface area contributed by atoms with Gasteiger partial charge in [-0.1, -0.05) is 24.1 Å². The van der Waals surface area contributed by atoms with E-state index < -0.39 is 6.10 Å². The van der Waals surface area contributed by atoms with Crippen molar-refractivity contribution in [3.05, 3.63) is 29.8 Å². The molecule has 1 N–H and O–H groups in total. The van der Waals surface area contributed by atoms with Crippen molar-refractivity contribution < 1.29 is 9.53 Å². The van der Waals surface area contributed by atoms with Gasteiger partial charge in [-0.2, -0.15) is 0 Å². The molecular weight excluding hydrogens is 288 g/mol. The smallest absolute Gasteiger partial charge is 0.260 e. The van der Waals surface area contributed by atoms with Gasteiger partial charge in [0.2, 0.25) is 0 Å². The van der Waals surface area contributed by atoms with Crippen LogP contribution < -0.4 is 10.1 Å². The molecule has 1 heterocycles. The Hall–Kier alpha value is -1.55. The number of nitrogens with one attached hydrogen (secondary N) is 1. The highest BCUT2D eigenvalue weighted by Crippen LogP contribution is 2.20. The third-order valence-corrected chi connectivity index (χ3v) is 4.61. The van der Waals surface area contributed by atoms with Gasteiger partial charge in [-0.15, -0.1) is 0 Å². The monoisotopic (exact) mass is 318 g/mol. The van der Waals surface area contributed by atoms with Gasteiger partial charge < -0.3 is 10.1 Å². The molecule has 1 aliphatic heterocycles. The van der Waals surface area contributed by atoms with E-state index in [1.807, 2.05) is 31.2 Å². The highest BCUT2D eigenvalue weighted by molar-refractivity contribution is 5.80. The number of benzene rings is 1. The zero-order chi connectivity index (χ0) is 16.9. The fourth-order valence-electron chi connectivity index (χ4n) is 2.93. The first-order valence-electron chi connectivity index (χ1n) is 8.64. The summed E-state index contributed by atoms with van der Waals surface area (Å²) in [5, 5.41) is 3.05. The number of hydrogen-bond acceptors (Lipinski definition) is 3. The summed E-state index contributed by atoms with van der Waals surface area (Å²) in [6, 6.07) is 7.77. The van der Waals surface area contributed by atoms with Crippen molar-refractivity contribution >= 4 is 5.91 Å². The summed E-state index contributed by atoms with van der Waals surface area (Å²) in [7, 11) is 0. The van der Waals surface area contributed by atoms with Crippen LogP contribution in [0.25, 0.3) is 0 Å². The summed E-state index contributed by atoms with van der Waals surface area (Å²) in [6.45, 7) is 11.1. The lowest BCUT2D eigenvalue weighted by Gasteiger charge is -2.41. The van der Waals surface area contributed by atoms with Crippen molar-refractivity contribution in [2.75, 3.05) is 19.6 Å². The van der Waals surface area contributed by atoms with Crippen molar-refractivity contribution in [3.8, 4) is 5.75 Å². The van der Waals surface area contributed by atoms with E-state index in [4.69, 9.17) is 4.74 Å². The first-order chi connectivity index (χ1) is 10.9. The molecule has 1 amide bonds. The quantitative estimate of drug-likeness (QED) is 0.876. The normalized spacial score (nSPS) is 17.6. The van der Waals surface area contributed by atoms with Crippen molar-refractivity contribution in [2.24, 2.45) is 0 Å². The zero-order valence-corrected chi connectivity index (χ0v) is 14.9. The average Bonchev–Trinajstić information content (AvgIpc) is 2.55. The number of nitrogens with zero attached hydrogens (tertiary/aromatic N) is 1. The van der Waals surface area contributed by atoms with Crippen LogP contribution in [0.2, 0.25) is 0 Å². The molecule has 0 saturated carbocycles. The molecule has 0 spiro atoms. The standard InChI is InChI=1S/C19H30N2O2/c1-15-8-10-17(11-9-15)23-16(2)18(22)20-14-19(3,4)21-12-6-5-7-13-21/h8-11,16H,5-7,12-14H2,1-4H3,(H,20,22). The van der Waals surface area contributed by atoms with E-state index in [1.54, 1.807) is 6.92 Å². The Morgan fingerprint density at radius 1 is 1.22 bits per heavy atom. The molecule has 1 unspecified atom stereocenters. The molecule has 4 heteroatoms. The van der Waals surface area contributed by atoms with Crippen LogP contribution in [0, 0.1) is 6.92 Å². The van der Waals surface area contributed by atoms with E-state index >= 15 is 0 Å². The number of aryl methyl sites for hydroxylation is 1. The number of rotatable bonds is 6. The minimum Gasteiger partial charge on any atom is -0.481 e. The molecule has 1 atom stereocenters. The summed E-state index contributed by atoms with van der Waals surface area (Å²) in [4.78, 5) is 14.8. The molecule has 0 aliphatic carbocycles. The maximum atomic E-state index is 12.3. The van der Waals surface area contributed by atoms with Crippen molar-refractivity contribution in [3.63, 3.8) is 0 Å². The van der Waals surface area contributed by atoms with Gasteiger partial charge in [-0.25, -0.2) is 0 Å². The number of likely N-dealkylation sites (tertiary alicyclic amines) is 1. The predicted octanol–water partition coefficient (Wildman–Crippen LogP) is 3.14. The van der Waals surface area contributed by atoms with Gasteiger partial charge in [0, 0.05) is 12.1 Å². The van der Waals surface area contributed by atoms with Crippen LogP contribution >= 0.6 is 0 Å². The van der Waals surface area contributed by atoms with E-state index in [2.05, 4.69) is 24.1 Å². The summed E-state index contributed by atoms with van der Waals surface area (Å²) in [6.07, 6.45) is 3.34. The van der Waals surface area contributed by atoms with Crippen molar-refractivity contribution in [1.82, 2.24) is 10.2 Å². The number of ether oxygens (including phenoxy) is 1. The van der Waals surface area contributed by atoms with Crippen LogP contribution in [0.4, 0.5) is 0 Å². The molecule has 1 saturated heterocycles. The van der Waals surface area contributed by atoms with Gasteiger partial charge in [-0.3, -0.25) is 9.69 Å². The van der Waals surface area contributed by atoms with E-state index in [9.17, 15) is 4.79 Å². The van der Waals surface area contributed by atoms with Crippen LogP contribution in [0.15, 0.2) is 24.3 Å². The fraction of sp³-hybridized carbons (Fsp3) is 0.632. The number of piperidine rings is 1. The Morgan fingerprint density at radius 3 is 2.43 bits per heavy atom. The number of amides is 1. The molecule has 4 nitrogen and oxygen atoms in total. The van der Waals surface area contributed by atoms with Crippen LogP contribution in [-0.4, -0.2) is 42.1 Å². The van der Waals surface area contributed by atoms with Gasteiger partial charge >= 0.3 is 0 Å². The zero-order valence-electron chi connectivity index (χ0n) is 14.9. The molecule has 1 aromatic rings. The second-order valence-electron chi connectivity index (χ2n) is 7.15. The fourth-order valence-corrected chi connectivity index (χ4v) is 2.93. The topological polar surface area (TPSA) is 41.6 Å². The molecule has 23 heavy (non-hydrogen) atoms. The Balaban J connectivity index is 1.82. The highest BCUT2D eigenvalue weighted by Gasteiger charge is 2.29. The summed E-state index contributed by atoms with van der Waals surface area (Å²) in [5.41, 5.74) is 1.16. The SMILES string of the molecule is Cc1ccc(OC(C)C(=O)NCC(C)(C)N2CCCCC2)cc1. The Kier molecular flexibility index (Phi) is 6.05. The third-order valence-electron chi connectivity index (χ3n) is 4.61. The number of carbonyl (C=O) groups excluding carboxylic acids is 1. The Labute approximate surface area is 140 Å². The Bertz CT molecular complexity index is 505. The predicted molar refractivity (Wildman–Crippen MR) is 93.8 cm³/mol. The first kappa shape index (κ1) is 17.8. The molecular formula is C19H30N2O2. The molecule has 1 aromatic carbocycles. The van der Waals surface area contributed by atoms with Gasteiger partial charge in [0.1, 0.15) is 5.75 Å². The van der Waals surface area contributed by atoms with Crippen LogP contribution in [-0.2, 0) is 4.79 Å². The van der Waals surface area contributed by atoms with Gasteiger partial charge in [0.25, 0.3) is 5.91 Å². The minimum atomic E-state index is -0.491. The average molecular weight is 318 g/mol. The van der Waals surface area contributed by atoms with Gasteiger partial charge in [-0.05, 0) is 65.8 Å². The van der Waals surface area contributed by atoms with Crippen molar-refractivity contribution in [2.45, 2.75) is 58.6 Å². The van der Waals surface area contributed by atoms with E-state index in [1.165, 1.54) is 24.8 Å². The minimum absolute atomic E-state index is 0.0142. The van der Waals surface area contributed by atoms with E-state index in [0.717, 1.165) is 18.8 Å². The van der Waals surface area contributed by atoms with Crippen LogP contribution in [0.5, 0.6) is 5.75 Å². The number of hydrogen-bond donors (Lipinski definition) is 1. The molecule has 1 aliphatic rings. The molecule has 128 valence electrons. The summed E-state index contributed by atoms with van der Waals surface area (Å²) >= 11 is 0. The second kappa shape index (κ2) is 7.82. The summed E-state index contributed by atoms with van der Waals surface area (Å²) in [5.74, 6) is 0.671. The lowest BCUT2D eigenvalue weighted by atomic mass is 9.98. The highest BCUT2D eigenvalue weighted by atomic mass is 16.5. The largest absolute Gasteiger partial charge is 0.481 e. The summed E-state index contributed by atoms with van der Waals surface area (Å²) < 4.78 is 5.72. The van der Waals surface area contributed by atoms with Crippen LogP contribution in [0.1, 0.15) is 45.6 Å². The molecule has 2 rings (SSSR count). The maximum absolute atomic E-state index is 12.3.